The van der Waals surface area contributed by atoms with Gasteiger partial charge < -0.3 is 0 Å². The summed E-state index contributed by atoms with van der Waals surface area (Å²) in [5.74, 6) is -0.0799. The molecule has 0 saturated carbocycles. The summed E-state index contributed by atoms with van der Waals surface area (Å²) in [6, 6.07) is 5.82. The van der Waals surface area contributed by atoms with E-state index in [1.54, 1.807) is 0 Å². The fourth-order valence-corrected chi connectivity index (χ4v) is 4.26. The number of nitrogens with one attached hydrogen (secondary N) is 1. The summed E-state index contributed by atoms with van der Waals surface area (Å²) in [4.78, 5) is 2.40. The number of likely N-dealkylation sites (tertiary alicyclic amines) is 1. The molecule has 1 aliphatic heterocycles. The molecular weight excluding hydrogens is 315 g/mol. The molecular formula is C17H27FN2O2S. The minimum atomic E-state index is -3.41. The molecule has 0 aliphatic carbocycles. The first-order chi connectivity index (χ1) is 10.9. The lowest BCUT2D eigenvalue weighted by Crippen LogP contribution is -2.48. The van der Waals surface area contributed by atoms with Crippen LogP contribution in [0.4, 0.5) is 4.39 Å². The van der Waals surface area contributed by atoms with Crippen molar-refractivity contribution < 1.29 is 12.8 Å². The Balaban J connectivity index is 1.94. The van der Waals surface area contributed by atoms with Gasteiger partial charge in [-0.1, -0.05) is 32.4 Å². The van der Waals surface area contributed by atoms with Crippen molar-refractivity contribution in [3.63, 3.8) is 0 Å². The summed E-state index contributed by atoms with van der Waals surface area (Å²) < 4.78 is 40.2. The molecule has 2 rings (SSSR count). The molecule has 1 fully saturated rings. The first-order valence-electron chi connectivity index (χ1n) is 8.33. The van der Waals surface area contributed by atoms with Crippen LogP contribution in [0, 0.1) is 11.7 Å². The summed E-state index contributed by atoms with van der Waals surface area (Å²) in [6.45, 7) is 6.79. The molecule has 0 amide bonds. The minimum absolute atomic E-state index is 0.113. The maximum atomic E-state index is 12.9. The molecule has 0 spiro atoms. The molecule has 0 aromatic heterocycles. The van der Waals surface area contributed by atoms with Gasteiger partial charge in [-0.3, -0.25) is 4.90 Å². The molecule has 1 aromatic rings. The SMILES string of the molecule is CC(C)C(CNS(=O)(=O)Cc1ccc(F)cc1)N1CCCCC1. The fourth-order valence-electron chi connectivity index (χ4n) is 3.10. The van der Waals surface area contributed by atoms with Gasteiger partial charge in [-0.15, -0.1) is 0 Å². The Morgan fingerprint density at radius 2 is 1.74 bits per heavy atom. The number of rotatable bonds is 7. The predicted molar refractivity (Wildman–Crippen MR) is 91.1 cm³/mol. The Labute approximate surface area is 139 Å². The van der Waals surface area contributed by atoms with E-state index < -0.39 is 10.0 Å². The minimum Gasteiger partial charge on any atom is -0.299 e. The Kier molecular flexibility index (Phi) is 6.56. The van der Waals surface area contributed by atoms with Gasteiger partial charge in [0.15, 0.2) is 0 Å². The van der Waals surface area contributed by atoms with Crippen molar-refractivity contribution in [2.24, 2.45) is 5.92 Å². The van der Waals surface area contributed by atoms with Crippen LogP contribution in [0.15, 0.2) is 24.3 Å². The average molecular weight is 342 g/mol. The second kappa shape index (κ2) is 8.22. The van der Waals surface area contributed by atoms with Crippen molar-refractivity contribution in [3.8, 4) is 0 Å². The highest BCUT2D eigenvalue weighted by Crippen LogP contribution is 2.17. The second-order valence-corrected chi connectivity index (χ2v) is 8.45. The number of benzene rings is 1. The Morgan fingerprint density at radius 1 is 1.13 bits per heavy atom. The van der Waals surface area contributed by atoms with E-state index in [0.29, 0.717) is 18.0 Å². The number of hydrogen-bond acceptors (Lipinski definition) is 3. The van der Waals surface area contributed by atoms with Gasteiger partial charge in [-0.25, -0.2) is 17.5 Å². The van der Waals surface area contributed by atoms with Crippen LogP contribution in [0.3, 0.4) is 0 Å². The monoisotopic (exact) mass is 342 g/mol. The third kappa shape index (κ3) is 5.86. The lowest BCUT2D eigenvalue weighted by atomic mass is 9.99. The van der Waals surface area contributed by atoms with Crippen molar-refractivity contribution in [3.05, 3.63) is 35.6 Å². The highest BCUT2D eigenvalue weighted by molar-refractivity contribution is 7.88. The van der Waals surface area contributed by atoms with Gasteiger partial charge in [0.25, 0.3) is 0 Å². The molecule has 0 bridgehead atoms. The zero-order valence-electron chi connectivity index (χ0n) is 14.0. The van der Waals surface area contributed by atoms with Crippen LogP contribution >= 0.6 is 0 Å². The van der Waals surface area contributed by atoms with Crippen LogP contribution in [0.5, 0.6) is 0 Å². The predicted octanol–water partition coefficient (Wildman–Crippen LogP) is 2.76. The first kappa shape index (κ1) is 18.4. The highest BCUT2D eigenvalue weighted by Gasteiger charge is 2.25. The summed E-state index contributed by atoms with van der Waals surface area (Å²) in [5, 5.41) is 0. The smallest absolute Gasteiger partial charge is 0.215 e. The third-order valence-electron chi connectivity index (χ3n) is 4.41. The van der Waals surface area contributed by atoms with Crippen LogP contribution in [0.25, 0.3) is 0 Å². The molecule has 1 aliphatic rings. The van der Waals surface area contributed by atoms with Crippen molar-refractivity contribution >= 4 is 10.0 Å². The molecule has 1 saturated heterocycles. The number of nitrogens with zero attached hydrogens (tertiary/aromatic N) is 1. The van der Waals surface area contributed by atoms with Crippen LogP contribution in [-0.4, -0.2) is 39.0 Å². The number of hydrogen-bond donors (Lipinski definition) is 1. The summed E-state index contributed by atoms with van der Waals surface area (Å²) in [7, 11) is -3.41. The molecule has 1 heterocycles. The zero-order chi connectivity index (χ0) is 16.9. The molecule has 4 nitrogen and oxygen atoms in total. The van der Waals surface area contributed by atoms with Gasteiger partial charge in [0.05, 0.1) is 5.75 Å². The lowest BCUT2D eigenvalue weighted by molar-refractivity contribution is 0.130. The van der Waals surface area contributed by atoms with E-state index >= 15 is 0 Å². The molecule has 23 heavy (non-hydrogen) atoms. The molecule has 1 atom stereocenters. The summed E-state index contributed by atoms with van der Waals surface area (Å²) in [5.41, 5.74) is 0.595. The molecule has 1 N–H and O–H groups in total. The van der Waals surface area contributed by atoms with E-state index in [1.165, 1.54) is 43.5 Å². The second-order valence-electron chi connectivity index (χ2n) is 6.64. The zero-order valence-corrected chi connectivity index (χ0v) is 14.8. The van der Waals surface area contributed by atoms with Crippen LogP contribution in [0.2, 0.25) is 0 Å². The van der Waals surface area contributed by atoms with Gasteiger partial charge in [0.1, 0.15) is 5.82 Å². The molecule has 6 heteroatoms. The highest BCUT2D eigenvalue weighted by atomic mass is 32.2. The largest absolute Gasteiger partial charge is 0.299 e. The van der Waals surface area contributed by atoms with Gasteiger partial charge >= 0.3 is 0 Å². The van der Waals surface area contributed by atoms with E-state index in [0.717, 1.165) is 13.1 Å². The van der Waals surface area contributed by atoms with Crippen molar-refractivity contribution in [1.29, 1.82) is 0 Å². The topological polar surface area (TPSA) is 49.4 Å². The normalized spacial score (nSPS) is 18.3. The fraction of sp³-hybridized carbons (Fsp3) is 0.647. The summed E-state index contributed by atoms with van der Waals surface area (Å²) in [6.07, 6.45) is 3.63. The molecule has 1 unspecified atom stereocenters. The maximum absolute atomic E-state index is 12.9. The van der Waals surface area contributed by atoms with E-state index in [4.69, 9.17) is 0 Å². The lowest BCUT2D eigenvalue weighted by Gasteiger charge is -2.37. The van der Waals surface area contributed by atoms with Crippen molar-refractivity contribution in [2.45, 2.75) is 44.9 Å². The Bertz CT molecular complexity index is 581. The number of piperidine rings is 1. The standard InChI is InChI=1S/C17H27FN2O2S/c1-14(2)17(20-10-4-3-5-11-20)12-19-23(21,22)13-15-6-8-16(18)9-7-15/h6-9,14,17,19H,3-5,10-13H2,1-2H3. The Morgan fingerprint density at radius 3 is 2.30 bits per heavy atom. The summed E-state index contributed by atoms with van der Waals surface area (Å²) >= 11 is 0. The van der Waals surface area contributed by atoms with Gasteiger partial charge in [0, 0.05) is 12.6 Å². The third-order valence-corrected chi connectivity index (χ3v) is 5.73. The molecule has 130 valence electrons. The number of sulfonamides is 1. The van der Waals surface area contributed by atoms with Gasteiger partial charge in [-0.05, 0) is 49.5 Å². The van der Waals surface area contributed by atoms with Gasteiger partial charge in [-0.2, -0.15) is 0 Å². The van der Waals surface area contributed by atoms with Crippen LogP contribution in [-0.2, 0) is 15.8 Å². The van der Waals surface area contributed by atoms with E-state index in [1.807, 2.05) is 0 Å². The van der Waals surface area contributed by atoms with E-state index in [2.05, 4.69) is 23.5 Å². The van der Waals surface area contributed by atoms with Gasteiger partial charge in [0.2, 0.25) is 10.0 Å². The van der Waals surface area contributed by atoms with E-state index in [9.17, 15) is 12.8 Å². The number of halogens is 1. The van der Waals surface area contributed by atoms with Crippen LogP contribution in [0.1, 0.15) is 38.7 Å². The average Bonchev–Trinajstić information content (AvgIpc) is 2.50. The van der Waals surface area contributed by atoms with Crippen molar-refractivity contribution in [1.82, 2.24) is 9.62 Å². The molecule has 1 aromatic carbocycles. The van der Waals surface area contributed by atoms with Crippen molar-refractivity contribution in [2.75, 3.05) is 19.6 Å². The molecule has 0 radical (unpaired) electrons. The Hall–Kier alpha value is -0.980. The van der Waals surface area contributed by atoms with E-state index in [-0.39, 0.29) is 17.6 Å². The quantitative estimate of drug-likeness (QED) is 0.829. The van der Waals surface area contributed by atoms with Crippen LogP contribution < -0.4 is 4.72 Å². The maximum Gasteiger partial charge on any atom is 0.215 e. The first-order valence-corrected chi connectivity index (χ1v) is 9.98.